The molecule has 31 heavy (non-hydrogen) atoms. The Bertz CT molecular complexity index is 1440. The summed E-state index contributed by atoms with van der Waals surface area (Å²) in [5.41, 5.74) is 4.55. The molecule has 5 rings (SSSR count). The number of nitrogens with zero attached hydrogens (tertiary/aromatic N) is 4. The zero-order valence-corrected chi connectivity index (χ0v) is 18.7. The van der Waals surface area contributed by atoms with Crippen LogP contribution in [0.1, 0.15) is 28.6 Å². The molecule has 0 unspecified atom stereocenters. The highest BCUT2D eigenvalue weighted by Crippen LogP contribution is 2.30. The number of aromatic amines is 1. The van der Waals surface area contributed by atoms with Crippen molar-refractivity contribution in [2.45, 2.75) is 30.4 Å². The third-order valence-electron chi connectivity index (χ3n) is 4.88. The number of H-pyrrole nitrogens is 1. The van der Waals surface area contributed by atoms with Crippen LogP contribution in [-0.4, -0.2) is 24.9 Å². The molecular formula is C23H19N5OS2. The minimum atomic E-state index is -0.168. The zero-order chi connectivity index (χ0) is 21.4. The fourth-order valence-corrected chi connectivity index (χ4v) is 5.41. The van der Waals surface area contributed by atoms with Gasteiger partial charge in [0.15, 0.2) is 4.34 Å². The highest BCUT2D eigenvalue weighted by Gasteiger charge is 2.10. The predicted molar refractivity (Wildman–Crippen MR) is 126 cm³/mol. The van der Waals surface area contributed by atoms with Gasteiger partial charge in [0.1, 0.15) is 11.6 Å². The first-order chi connectivity index (χ1) is 15.0. The molecule has 0 aliphatic heterocycles. The van der Waals surface area contributed by atoms with Gasteiger partial charge in [0.25, 0.3) is 5.56 Å². The van der Waals surface area contributed by atoms with Gasteiger partial charge in [-0.1, -0.05) is 35.5 Å². The van der Waals surface area contributed by atoms with Gasteiger partial charge in [-0.2, -0.15) is 0 Å². The van der Waals surface area contributed by atoms with Crippen LogP contribution in [0.2, 0.25) is 0 Å². The SMILES string of the molecule is Cc1ccc2nc(Cc3nc(CSc4nc5ccccc5s4)cc(=O)[nH]3)nc(C)c2c1. The van der Waals surface area contributed by atoms with Gasteiger partial charge in [-0.05, 0) is 38.1 Å². The van der Waals surface area contributed by atoms with E-state index in [9.17, 15) is 4.79 Å². The normalized spacial score (nSPS) is 11.4. The molecule has 0 aliphatic rings. The van der Waals surface area contributed by atoms with Crippen LogP contribution in [-0.2, 0) is 12.2 Å². The fraction of sp³-hybridized carbons (Fsp3) is 0.174. The number of benzene rings is 2. The second-order valence-corrected chi connectivity index (χ2v) is 9.60. The van der Waals surface area contributed by atoms with Crippen LogP contribution in [0, 0.1) is 13.8 Å². The fourth-order valence-electron chi connectivity index (χ4n) is 3.45. The number of aromatic nitrogens is 5. The molecule has 0 fully saturated rings. The average Bonchev–Trinajstić information content (AvgIpc) is 3.16. The van der Waals surface area contributed by atoms with Gasteiger partial charge in [0.05, 0.1) is 27.8 Å². The Labute approximate surface area is 186 Å². The molecule has 2 aromatic carbocycles. The van der Waals surface area contributed by atoms with Crippen molar-refractivity contribution in [1.82, 2.24) is 24.9 Å². The summed E-state index contributed by atoms with van der Waals surface area (Å²) < 4.78 is 2.12. The second kappa shape index (κ2) is 8.20. The lowest BCUT2D eigenvalue weighted by atomic mass is 10.1. The number of fused-ring (bicyclic) bond motifs is 2. The van der Waals surface area contributed by atoms with E-state index in [2.05, 4.69) is 44.0 Å². The molecule has 0 saturated heterocycles. The number of thiazole rings is 1. The Morgan fingerprint density at radius 3 is 2.71 bits per heavy atom. The van der Waals surface area contributed by atoms with Gasteiger partial charge in [0, 0.05) is 22.9 Å². The van der Waals surface area contributed by atoms with Crippen molar-refractivity contribution in [1.29, 1.82) is 0 Å². The van der Waals surface area contributed by atoms with E-state index in [-0.39, 0.29) is 5.56 Å². The van der Waals surface area contributed by atoms with E-state index in [1.807, 2.05) is 37.3 Å². The summed E-state index contributed by atoms with van der Waals surface area (Å²) in [5, 5.41) is 1.05. The third kappa shape index (κ3) is 4.35. The maximum absolute atomic E-state index is 12.2. The molecule has 0 aliphatic carbocycles. The number of thioether (sulfide) groups is 1. The van der Waals surface area contributed by atoms with E-state index >= 15 is 0 Å². The molecule has 8 heteroatoms. The van der Waals surface area contributed by atoms with E-state index in [0.717, 1.165) is 36.8 Å². The molecule has 1 N–H and O–H groups in total. The lowest BCUT2D eigenvalue weighted by Gasteiger charge is -2.07. The van der Waals surface area contributed by atoms with Gasteiger partial charge < -0.3 is 4.98 Å². The maximum Gasteiger partial charge on any atom is 0.251 e. The second-order valence-electron chi connectivity index (χ2n) is 7.34. The molecule has 154 valence electrons. The van der Waals surface area contributed by atoms with Gasteiger partial charge in [-0.15, -0.1) is 11.3 Å². The topological polar surface area (TPSA) is 84.4 Å². The van der Waals surface area contributed by atoms with E-state index in [4.69, 9.17) is 0 Å². The Morgan fingerprint density at radius 1 is 0.968 bits per heavy atom. The Morgan fingerprint density at radius 2 is 1.84 bits per heavy atom. The van der Waals surface area contributed by atoms with E-state index in [1.165, 1.54) is 5.56 Å². The van der Waals surface area contributed by atoms with Crippen molar-refractivity contribution in [2.75, 3.05) is 0 Å². The first-order valence-corrected chi connectivity index (χ1v) is 11.6. The van der Waals surface area contributed by atoms with Crippen molar-refractivity contribution in [3.8, 4) is 0 Å². The standard InChI is InChI=1S/C23H19N5OS2/c1-13-7-8-17-16(9-13)14(2)24-20(26-17)11-21-25-15(10-22(29)28-21)12-30-23-27-18-5-3-4-6-19(18)31-23/h3-10H,11-12H2,1-2H3,(H,25,28,29). The lowest BCUT2D eigenvalue weighted by Crippen LogP contribution is -2.14. The van der Waals surface area contributed by atoms with Crippen molar-refractivity contribution < 1.29 is 0 Å². The summed E-state index contributed by atoms with van der Waals surface area (Å²) in [4.78, 5) is 33.6. The van der Waals surface area contributed by atoms with Crippen LogP contribution in [0.5, 0.6) is 0 Å². The van der Waals surface area contributed by atoms with Crippen LogP contribution in [0.15, 0.2) is 57.7 Å². The van der Waals surface area contributed by atoms with Crippen LogP contribution in [0.25, 0.3) is 21.1 Å². The first-order valence-electron chi connectivity index (χ1n) is 9.85. The average molecular weight is 446 g/mol. The molecule has 3 aromatic heterocycles. The van der Waals surface area contributed by atoms with Gasteiger partial charge in [0.2, 0.25) is 0 Å². The van der Waals surface area contributed by atoms with E-state index in [1.54, 1.807) is 29.2 Å². The minimum absolute atomic E-state index is 0.168. The van der Waals surface area contributed by atoms with Crippen molar-refractivity contribution >= 4 is 44.2 Å². The van der Waals surface area contributed by atoms with Crippen molar-refractivity contribution in [3.63, 3.8) is 0 Å². The van der Waals surface area contributed by atoms with Crippen LogP contribution >= 0.6 is 23.1 Å². The minimum Gasteiger partial charge on any atom is -0.310 e. The summed E-state index contributed by atoms with van der Waals surface area (Å²) in [6, 6.07) is 15.7. The molecule has 0 saturated carbocycles. The van der Waals surface area contributed by atoms with Crippen LogP contribution in [0.3, 0.4) is 0 Å². The highest BCUT2D eigenvalue weighted by molar-refractivity contribution is 8.00. The van der Waals surface area contributed by atoms with E-state index < -0.39 is 0 Å². The summed E-state index contributed by atoms with van der Waals surface area (Å²) in [7, 11) is 0. The molecule has 0 bridgehead atoms. The van der Waals surface area contributed by atoms with Crippen molar-refractivity contribution in [3.05, 3.63) is 87.5 Å². The molecule has 0 spiro atoms. The lowest BCUT2D eigenvalue weighted by molar-refractivity contribution is 0.863. The third-order valence-corrected chi connectivity index (χ3v) is 7.09. The zero-order valence-electron chi connectivity index (χ0n) is 17.0. The van der Waals surface area contributed by atoms with Crippen LogP contribution < -0.4 is 5.56 Å². The first kappa shape index (κ1) is 19.8. The molecular weight excluding hydrogens is 426 g/mol. The number of rotatable bonds is 5. The number of hydrogen-bond acceptors (Lipinski definition) is 7. The van der Waals surface area contributed by atoms with E-state index in [0.29, 0.717) is 23.8 Å². The summed E-state index contributed by atoms with van der Waals surface area (Å²) in [5.74, 6) is 1.79. The smallest absolute Gasteiger partial charge is 0.251 e. The summed E-state index contributed by atoms with van der Waals surface area (Å²) in [6.45, 7) is 4.04. The van der Waals surface area contributed by atoms with Crippen molar-refractivity contribution in [2.24, 2.45) is 0 Å². The summed E-state index contributed by atoms with van der Waals surface area (Å²) >= 11 is 3.24. The highest BCUT2D eigenvalue weighted by atomic mass is 32.2. The summed E-state index contributed by atoms with van der Waals surface area (Å²) in [6.07, 6.45) is 0.375. The number of aryl methyl sites for hydroxylation is 2. The number of hydrogen-bond donors (Lipinski definition) is 1. The maximum atomic E-state index is 12.2. The quantitative estimate of drug-likeness (QED) is 0.390. The molecule has 6 nitrogen and oxygen atoms in total. The van der Waals surface area contributed by atoms with Crippen LogP contribution in [0.4, 0.5) is 0 Å². The van der Waals surface area contributed by atoms with Gasteiger partial charge in [-0.3, -0.25) is 4.79 Å². The Hall–Kier alpha value is -3.10. The molecule has 0 atom stereocenters. The van der Waals surface area contributed by atoms with Gasteiger partial charge in [-0.25, -0.2) is 19.9 Å². The monoisotopic (exact) mass is 445 g/mol. The van der Waals surface area contributed by atoms with Gasteiger partial charge >= 0.3 is 0 Å². The molecule has 5 aromatic rings. The molecule has 0 radical (unpaired) electrons. The Kier molecular flexibility index (Phi) is 5.25. The number of nitrogens with one attached hydrogen (secondary N) is 1. The largest absolute Gasteiger partial charge is 0.310 e. The molecule has 0 amide bonds. The predicted octanol–water partition coefficient (Wildman–Crippen LogP) is 4.82. The Balaban J connectivity index is 1.37. The number of para-hydroxylation sites is 1. The molecule has 3 heterocycles.